The van der Waals surface area contributed by atoms with Crippen LogP contribution in [0.4, 0.5) is 4.79 Å². The molecule has 0 unspecified atom stereocenters. The summed E-state index contributed by atoms with van der Waals surface area (Å²) < 4.78 is 5.94. The Morgan fingerprint density at radius 1 is 1.28 bits per heavy atom. The van der Waals surface area contributed by atoms with Gasteiger partial charge in [-0.2, -0.15) is 0 Å². The number of urea groups is 1. The second-order valence-electron chi connectivity index (χ2n) is 8.04. The summed E-state index contributed by atoms with van der Waals surface area (Å²) in [6.07, 6.45) is 8.41. The van der Waals surface area contributed by atoms with E-state index in [1.807, 2.05) is 24.3 Å². The smallest absolute Gasteiger partial charge is 0.315 e. The standard InChI is InChI=1S/C25H34N4O2S/c1-4-7-15-26-24(30)27-20-13-16-29(17-14-20)18-19-9-11-21(12-10-19)31-25-28-22(8-5-2)23(6-3)32-25/h5-6,9-12,20H,2-4,7-8,13-18H2,1H3,(H2,26,27,30). The van der Waals surface area contributed by atoms with E-state index < -0.39 is 0 Å². The Bertz CT molecular complexity index is 886. The first-order valence-corrected chi connectivity index (χ1v) is 12.2. The first kappa shape index (κ1) is 24.0. The molecule has 3 rings (SSSR count). The molecule has 6 nitrogen and oxygen atoms in total. The van der Waals surface area contributed by atoms with Crippen LogP contribution in [-0.2, 0) is 13.0 Å². The number of hydrogen-bond donors (Lipinski definition) is 2. The van der Waals surface area contributed by atoms with Gasteiger partial charge in [0, 0.05) is 38.6 Å². The number of ether oxygens (including phenoxy) is 1. The number of thiazole rings is 1. The number of carbonyl (C=O) groups excluding carboxylic acids is 1. The van der Waals surface area contributed by atoms with Crippen molar-refractivity contribution in [2.45, 2.75) is 51.6 Å². The van der Waals surface area contributed by atoms with E-state index in [1.54, 1.807) is 0 Å². The van der Waals surface area contributed by atoms with E-state index in [1.165, 1.54) is 16.9 Å². The van der Waals surface area contributed by atoms with Crippen LogP contribution in [0.1, 0.15) is 48.7 Å². The summed E-state index contributed by atoms with van der Waals surface area (Å²) >= 11 is 1.49. The molecule has 1 fully saturated rings. The van der Waals surface area contributed by atoms with Crippen LogP contribution in [0.5, 0.6) is 10.9 Å². The second-order valence-corrected chi connectivity index (χ2v) is 9.03. The number of rotatable bonds is 11. The summed E-state index contributed by atoms with van der Waals surface area (Å²) in [5.74, 6) is 0.778. The van der Waals surface area contributed by atoms with E-state index in [0.717, 1.165) is 68.2 Å². The lowest BCUT2D eigenvalue weighted by molar-refractivity contribution is 0.186. The van der Waals surface area contributed by atoms with Crippen LogP contribution in [0, 0.1) is 0 Å². The molecule has 1 aliphatic rings. The lowest BCUT2D eigenvalue weighted by Gasteiger charge is -2.32. The highest BCUT2D eigenvalue weighted by molar-refractivity contribution is 7.14. The molecule has 0 atom stereocenters. The Labute approximate surface area is 195 Å². The quantitative estimate of drug-likeness (QED) is 0.354. The van der Waals surface area contributed by atoms with Crippen molar-refractivity contribution in [2.75, 3.05) is 19.6 Å². The molecule has 0 bridgehead atoms. The number of allylic oxidation sites excluding steroid dienone is 1. The fraction of sp³-hybridized carbons (Fsp3) is 0.440. The van der Waals surface area contributed by atoms with Gasteiger partial charge in [-0.1, -0.05) is 55.5 Å². The van der Waals surface area contributed by atoms with Crippen molar-refractivity contribution in [3.8, 4) is 10.9 Å². The van der Waals surface area contributed by atoms with Gasteiger partial charge in [-0.25, -0.2) is 9.78 Å². The minimum absolute atomic E-state index is 0.0375. The molecule has 1 saturated heterocycles. The van der Waals surface area contributed by atoms with Gasteiger partial charge in [0.2, 0.25) is 0 Å². The van der Waals surface area contributed by atoms with E-state index in [-0.39, 0.29) is 12.1 Å². The molecule has 2 amide bonds. The normalized spacial score (nSPS) is 14.7. The predicted molar refractivity (Wildman–Crippen MR) is 132 cm³/mol. The van der Waals surface area contributed by atoms with Gasteiger partial charge in [0.1, 0.15) is 5.75 Å². The van der Waals surface area contributed by atoms with Crippen molar-refractivity contribution in [3.05, 3.63) is 59.6 Å². The van der Waals surface area contributed by atoms with Crippen molar-refractivity contribution in [1.29, 1.82) is 0 Å². The van der Waals surface area contributed by atoms with Gasteiger partial charge < -0.3 is 15.4 Å². The van der Waals surface area contributed by atoms with Crippen LogP contribution in [0.2, 0.25) is 0 Å². The molecular formula is C25H34N4O2S. The molecule has 1 aromatic carbocycles. The minimum Gasteiger partial charge on any atom is -0.431 e. The number of amides is 2. The summed E-state index contributed by atoms with van der Waals surface area (Å²) in [6.45, 7) is 13.3. The number of aromatic nitrogens is 1. The monoisotopic (exact) mass is 454 g/mol. The van der Waals surface area contributed by atoms with Gasteiger partial charge in [0.05, 0.1) is 10.6 Å². The molecule has 2 heterocycles. The zero-order valence-corrected chi connectivity index (χ0v) is 19.8. The SMILES string of the molecule is C=CCc1nc(Oc2ccc(CN3CCC(NC(=O)NCCCC)CC3)cc2)sc1C=C. The van der Waals surface area contributed by atoms with E-state index >= 15 is 0 Å². The summed E-state index contributed by atoms with van der Waals surface area (Å²) in [5, 5.41) is 6.65. The van der Waals surface area contributed by atoms with Crippen molar-refractivity contribution >= 4 is 23.4 Å². The van der Waals surface area contributed by atoms with Crippen LogP contribution in [0.3, 0.4) is 0 Å². The maximum Gasteiger partial charge on any atom is 0.315 e. The van der Waals surface area contributed by atoms with Crippen molar-refractivity contribution < 1.29 is 9.53 Å². The molecule has 0 saturated carbocycles. The van der Waals surface area contributed by atoms with Crippen molar-refractivity contribution in [3.63, 3.8) is 0 Å². The highest BCUT2D eigenvalue weighted by Crippen LogP contribution is 2.30. The number of piperidine rings is 1. The summed E-state index contributed by atoms with van der Waals surface area (Å²) in [4.78, 5) is 19.9. The van der Waals surface area contributed by atoms with Crippen LogP contribution in [-0.4, -0.2) is 41.6 Å². The third-order valence-corrected chi connectivity index (χ3v) is 6.48. The number of unbranched alkanes of at least 4 members (excludes halogenated alkanes) is 1. The average molecular weight is 455 g/mol. The van der Waals surface area contributed by atoms with Crippen LogP contribution < -0.4 is 15.4 Å². The third-order valence-electron chi connectivity index (χ3n) is 5.50. The Hall–Kier alpha value is -2.64. The predicted octanol–water partition coefficient (Wildman–Crippen LogP) is 5.37. The zero-order chi connectivity index (χ0) is 22.8. The number of carbonyl (C=O) groups is 1. The summed E-state index contributed by atoms with van der Waals surface area (Å²) in [6, 6.07) is 8.41. The molecule has 0 aliphatic carbocycles. The molecule has 32 heavy (non-hydrogen) atoms. The largest absolute Gasteiger partial charge is 0.431 e. The molecule has 7 heteroatoms. The second kappa shape index (κ2) is 12.4. The zero-order valence-electron chi connectivity index (χ0n) is 18.9. The van der Waals surface area contributed by atoms with Crippen LogP contribution in [0.25, 0.3) is 6.08 Å². The van der Waals surface area contributed by atoms with Gasteiger partial charge in [0.25, 0.3) is 5.19 Å². The molecule has 1 aliphatic heterocycles. The Kier molecular flexibility index (Phi) is 9.31. The van der Waals surface area contributed by atoms with Gasteiger partial charge in [-0.3, -0.25) is 4.90 Å². The van der Waals surface area contributed by atoms with Gasteiger partial charge in [-0.15, -0.1) is 6.58 Å². The maximum atomic E-state index is 11.9. The number of benzene rings is 1. The lowest BCUT2D eigenvalue weighted by Crippen LogP contribution is -2.47. The first-order chi connectivity index (χ1) is 15.6. The molecule has 0 spiro atoms. The Morgan fingerprint density at radius 2 is 2.03 bits per heavy atom. The highest BCUT2D eigenvalue weighted by atomic mass is 32.1. The molecule has 2 N–H and O–H groups in total. The molecule has 172 valence electrons. The Morgan fingerprint density at radius 3 is 2.69 bits per heavy atom. The van der Waals surface area contributed by atoms with Crippen molar-refractivity contribution in [1.82, 2.24) is 20.5 Å². The summed E-state index contributed by atoms with van der Waals surface area (Å²) in [7, 11) is 0. The Balaban J connectivity index is 1.44. The molecule has 2 aromatic rings. The summed E-state index contributed by atoms with van der Waals surface area (Å²) in [5.41, 5.74) is 2.20. The maximum absolute atomic E-state index is 11.9. The number of hydrogen-bond acceptors (Lipinski definition) is 5. The third kappa shape index (κ3) is 7.21. The van der Waals surface area contributed by atoms with Gasteiger partial charge in [-0.05, 0) is 37.0 Å². The number of nitrogens with zero attached hydrogens (tertiary/aromatic N) is 2. The topological polar surface area (TPSA) is 66.5 Å². The molecule has 0 radical (unpaired) electrons. The minimum atomic E-state index is -0.0375. The fourth-order valence-electron chi connectivity index (χ4n) is 3.70. The lowest BCUT2D eigenvalue weighted by atomic mass is 10.0. The van der Waals surface area contributed by atoms with Crippen LogP contribution >= 0.6 is 11.3 Å². The van der Waals surface area contributed by atoms with E-state index in [4.69, 9.17) is 4.74 Å². The number of likely N-dealkylation sites (tertiary alicyclic amines) is 1. The van der Waals surface area contributed by atoms with E-state index in [2.05, 4.69) is 52.7 Å². The van der Waals surface area contributed by atoms with E-state index in [0.29, 0.717) is 11.6 Å². The average Bonchev–Trinajstić information content (AvgIpc) is 3.18. The highest BCUT2D eigenvalue weighted by Gasteiger charge is 2.20. The van der Waals surface area contributed by atoms with Crippen LogP contribution in [0.15, 0.2) is 43.5 Å². The fourth-order valence-corrected chi connectivity index (χ4v) is 4.51. The first-order valence-electron chi connectivity index (χ1n) is 11.4. The molecule has 1 aromatic heterocycles. The molecular weight excluding hydrogens is 420 g/mol. The number of nitrogens with one attached hydrogen (secondary N) is 2. The van der Waals surface area contributed by atoms with E-state index in [9.17, 15) is 4.79 Å². The van der Waals surface area contributed by atoms with Gasteiger partial charge in [0.15, 0.2) is 0 Å². The van der Waals surface area contributed by atoms with Gasteiger partial charge >= 0.3 is 6.03 Å². The van der Waals surface area contributed by atoms with Crippen molar-refractivity contribution in [2.24, 2.45) is 0 Å².